The highest BCUT2D eigenvalue weighted by atomic mass is 32.1. The van der Waals surface area contributed by atoms with Gasteiger partial charge in [-0.1, -0.05) is 66.3 Å². The second-order valence-electron chi connectivity index (χ2n) is 12.0. The summed E-state index contributed by atoms with van der Waals surface area (Å²) in [4.78, 5) is 8.38. The number of ether oxygens (including phenoxy) is 2. The Balaban J connectivity index is 0.000000335. The van der Waals surface area contributed by atoms with E-state index in [-0.39, 0.29) is 0 Å². The van der Waals surface area contributed by atoms with Crippen LogP contribution in [0.3, 0.4) is 0 Å². The zero-order valence-electron chi connectivity index (χ0n) is 34.1. The number of aromatic nitrogens is 1. The van der Waals surface area contributed by atoms with Crippen molar-refractivity contribution in [1.82, 2.24) is 4.98 Å². The molecular weight excluding hydrogens is 691 g/mol. The van der Waals surface area contributed by atoms with E-state index >= 15 is 0 Å². The van der Waals surface area contributed by atoms with Crippen LogP contribution in [-0.2, 0) is 0 Å². The Morgan fingerprint density at radius 3 is 1.19 bits per heavy atom. The zero-order chi connectivity index (χ0) is 39.4. The lowest BCUT2D eigenvalue weighted by atomic mass is 10.2. The summed E-state index contributed by atoms with van der Waals surface area (Å²) in [7, 11) is 1.92. The predicted molar refractivity (Wildman–Crippen MR) is 239 cm³/mol. The van der Waals surface area contributed by atoms with E-state index in [0.29, 0.717) is 13.2 Å². The Morgan fingerprint density at radius 2 is 0.887 bits per heavy atom. The molecule has 286 valence electrons. The van der Waals surface area contributed by atoms with Crippen LogP contribution < -0.4 is 20.1 Å². The van der Waals surface area contributed by atoms with Gasteiger partial charge < -0.3 is 25.1 Å². The molecule has 3 N–H and O–H groups in total. The second kappa shape index (κ2) is 27.9. The Kier molecular flexibility index (Phi) is 24.3. The summed E-state index contributed by atoms with van der Waals surface area (Å²) in [6.07, 6.45) is 16.0. The molecule has 53 heavy (non-hydrogen) atoms. The van der Waals surface area contributed by atoms with E-state index in [1.54, 1.807) is 11.3 Å². The summed E-state index contributed by atoms with van der Waals surface area (Å²) in [5.74, 6) is 1.91. The summed E-state index contributed by atoms with van der Waals surface area (Å²) >= 11 is 3.58. The third kappa shape index (κ3) is 20.8. The molecule has 0 saturated carbocycles. The van der Waals surface area contributed by atoms with Crippen LogP contribution in [0.4, 0.5) is 17.1 Å². The molecule has 0 spiro atoms. The fourth-order valence-corrected chi connectivity index (χ4v) is 6.16. The number of allylic oxidation sites excluding steroid dienone is 8. The van der Waals surface area contributed by atoms with Gasteiger partial charge in [-0.3, -0.25) is 0 Å². The molecule has 0 atom stereocenters. The lowest BCUT2D eigenvalue weighted by Crippen LogP contribution is -2.14. The Bertz CT molecular complexity index is 1650. The molecule has 5 nitrogen and oxygen atoms in total. The highest BCUT2D eigenvalue weighted by molar-refractivity contribution is 7.12. The average Bonchev–Trinajstić information content (AvgIpc) is 3.84. The Labute approximate surface area is 329 Å². The molecule has 1 aliphatic rings. The van der Waals surface area contributed by atoms with Crippen molar-refractivity contribution in [1.29, 1.82) is 0 Å². The van der Waals surface area contributed by atoms with Crippen molar-refractivity contribution in [2.24, 2.45) is 0 Å². The maximum Gasteiger partial charge on any atom is 0.175 e. The summed E-state index contributed by atoms with van der Waals surface area (Å²) in [5, 5.41) is 6.45. The minimum absolute atomic E-state index is 0.685. The van der Waals surface area contributed by atoms with Gasteiger partial charge in [0.05, 0.1) is 0 Å². The molecule has 0 radical (unpaired) electrons. The van der Waals surface area contributed by atoms with Gasteiger partial charge >= 0.3 is 0 Å². The van der Waals surface area contributed by atoms with Crippen molar-refractivity contribution in [3.63, 3.8) is 0 Å². The topological polar surface area (TPSA) is 58.3 Å². The molecule has 6 rings (SSSR count). The molecule has 0 bridgehead atoms. The summed E-state index contributed by atoms with van der Waals surface area (Å²) in [6.45, 7) is 23.9. The summed E-state index contributed by atoms with van der Waals surface area (Å²) in [5.41, 5.74) is 7.08. The van der Waals surface area contributed by atoms with Crippen LogP contribution in [-0.4, -0.2) is 25.2 Å². The first kappa shape index (κ1) is 46.3. The van der Waals surface area contributed by atoms with Crippen LogP contribution in [0, 0.1) is 48.5 Å². The highest BCUT2D eigenvalue weighted by Gasteiger charge is 2.19. The molecule has 0 saturated heterocycles. The molecular formula is C46H63N3O2S2. The van der Waals surface area contributed by atoms with Crippen LogP contribution in [0.2, 0.25) is 0 Å². The van der Waals surface area contributed by atoms with Crippen LogP contribution in [0.1, 0.15) is 64.2 Å². The molecule has 5 aromatic rings. The lowest BCUT2D eigenvalue weighted by molar-refractivity contribution is 0.171. The van der Waals surface area contributed by atoms with Crippen LogP contribution in [0.5, 0.6) is 11.5 Å². The molecule has 0 fully saturated rings. The lowest BCUT2D eigenvalue weighted by Gasteiger charge is -2.15. The number of H-pyrrole nitrogens is 1. The number of hydrogen-bond acceptors (Lipinski definition) is 6. The number of thiophene rings is 2. The first-order valence-electron chi connectivity index (χ1n) is 18.1. The average molecular weight is 754 g/mol. The zero-order valence-corrected chi connectivity index (χ0v) is 35.7. The predicted octanol–water partition coefficient (Wildman–Crippen LogP) is 14.2. The van der Waals surface area contributed by atoms with Crippen LogP contribution >= 0.6 is 22.7 Å². The quantitative estimate of drug-likeness (QED) is 0.156. The SMILES string of the molecule is C/C=C/C=C/C.C/C=C/C=C/C.CNc1ccc(Nc2ccc(C)cc2)cc1.Cc1ccc(C)[nH]1.Cc1ccc(C)s1.Cc1sc(C)c2c1OCCO2. The minimum atomic E-state index is 0.685. The smallest absolute Gasteiger partial charge is 0.175 e. The van der Waals surface area contributed by atoms with E-state index in [1.165, 1.54) is 36.5 Å². The number of hydrogen-bond donors (Lipinski definition) is 3. The molecule has 0 amide bonds. The number of rotatable bonds is 5. The van der Waals surface area contributed by atoms with E-state index in [4.69, 9.17) is 9.47 Å². The van der Waals surface area contributed by atoms with Gasteiger partial charge in [-0.15, -0.1) is 22.7 Å². The molecule has 1 aliphatic heterocycles. The van der Waals surface area contributed by atoms with E-state index in [9.17, 15) is 0 Å². The molecule has 7 heteroatoms. The van der Waals surface area contributed by atoms with Crippen molar-refractivity contribution in [2.75, 3.05) is 30.9 Å². The maximum absolute atomic E-state index is 5.46. The van der Waals surface area contributed by atoms with Crippen LogP contribution in [0.25, 0.3) is 0 Å². The maximum atomic E-state index is 5.46. The van der Waals surface area contributed by atoms with Crippen molar-refractivity contribution in [3.8, 4) is 11.5 Å². The Hall–Kier alpha value is -4.72. The first-order chi connectivity index (χ1) is 25.5. The monoisotopic (exact) mass is 753 g/mol. The first-order valence-corrected chi connectivity index (χ1v) is 19.7. The van der Waals surface area contributed by atoms with Crippen LogP contribution in [0.15, 0.2) is 121 Å². The highest BCUT2D eigenvalue weighted by Crippen LogP contribution is 2.42. The molecule has 0 aliphatic carbocycles. The van der Waals surface area contributed by atoms with Gasteiger partial charge in [-0.2, -0.15) is 0 Å². The number of nitrogens with one attached hydrogen (secondary N) is 3. The van der Waals surface area contributed by atoms with Crippen molar-refractivity contribution < 1.29 is 9.47 Å². The standard InChI is InChI=1S/C14H16N2.C8H10O2S.C6H9N.C6H8S.2C6H10/c1-11-3-5-13(6-4-11)16-14-9-7-12(15-2)8-10-14;1-5-7-8(6(2)11-5)10-4-3-9-7;2*1-5-3-4-6(2)7-5;2*1-3-5-6-4-2/h3-10,15-16H,1-2H3;3-4H2,1-2H3;3-4,7H,1-2H3;3-4H,1-2H3;2*3-6H,1-2H3/b;;;;2*5-3+,6-4+. The van der Waals surface area contributed by atoms with Crippen molar-refractivity contribution in [2.45, 2.75) is 76.2 Å². The molecule has 0 unspecified atom stereocenters. The van der Waals surface area contributed by atoms with E-state index in [1.807, 2.05) is 109 Å². The fourth-order valence-electron chi connectivity index (χ4n) is 4.43. The normalized spacial score (nSPS) is 11.2. The second-order valence-corrected chi connectivity index (χ2v) is 14.9. The van der Waals surface area contributed by atoms with Crippen molar-refractivity contribution in [3.05, 3.63) is 158 Å². The molecule has 2 aromatic carbocycles. The van der Waals surface area contributed by atoms with E-state index in [2.05, 4.69) is 123 Å². The molecule has 3 aromatic heterocycles. The van der Waals surface area contributed by atoms with Crippen molar-refractivity contribution >= 4 is 39.7 Å². The van der Waals surface area contributed by atoms with E-state index < -0.39 is 0 Å². The van der Waals surface area contributed by atoms with Gasteiger partial charge in [-0.25, -0.2) is 0 Å². The summed E-state index contributed by atoms with van der Waals surface area (Å²) < 4.78 is 10.9. The largest absolute Gasteiger partial charge is 0.485 e. The Morgan fingerprint density at radius 1 is 0.509 bits per heavy atom. The number of benzene rings is 2. The fraction of sp³-hybridized carbons (Fsp3) is 0.304. The van der Waals surface area contributed by atoms with Gasteiger partial charge in [0.1, 0.15) is 13.2 Å². The van der Waals surface area contributed by atoms with Gasteiger partial charge in [0, 0.05) is 55.0 Å². The van der Waals surface area contributed by atoms with Gasteiger partial charge in [-0.05, 0) is 137 Å². The van der Waals surface area contributed by atoms with E-state index in [0.717, 1.165) is 28.6 Å². The van der Waals surface area contributed by atoms with Gasteiger partial charge in [0.25, 0.3) is 0 Å². The summed E-state index contributed by atoms with van der Waals surface area (Å²) in [6, 6.07) is 25.0. The molecule has 4 heterocycles. The number of aryl methyl sites for hydroxylation is 7. The minimum Gasteiger partial charge on any atom is -0.485 e. The number of fused-ring (bicyclic) bond motifs is 1. The number of aromatic amines is 1. The number of anilines is 3. The third-order valence-electron chi connectivity index (χ3n) is 7.09. The van der Waals surface area contributed by atoms with Gasteiger partial charge in [0.15, 0.2) is 11.5 Å². The third-order valence-corrected chi connectivity index (χ3v) is 8.99. The van der Waals surface area contributed by atoms with Gasteiger partial charge in [0.2, 0.25) is 0 Å².